The molecule has 0 saturated carbocycles. The van der Waals surface area contributed by atoms with E-state index in [9.17, 15) is 29.1 Å². The van der Waals surface area contributed by atoms with Gasteiger partial charge in [-0.05, 0) is 89.3 Å². The Morgan fingerprint density at radius 1 is 0.788 bits per heavy atom. The van der Waals surface area contributed by atoms with E-state index in [1.165, 1.54) is 24.0 Å². The summed E-state index contributed by atoms with van der Waals surface area (Å²) in [7, 11) is 3.19. The number of esters is 1. The summed E-state index contributed by atoms with van der Waals surface area (Å²) in [6.07, 6.45) is -0.770. The van der Waals surface area contributed by atoms with Crippen LogP contribution in [0.2, 0.25) is 0 Å². The SMILES string of the molecule is COc1ccc(C(OC[C@H]2O[C@@H](N3CC=C(NC(=O)c4ccc(CNC(=O)Cc5ccc(O)cc5)cc4)NC3=O)C[C@H]2OC(=O)CCC(C)=O)(c2ccccc2)c2ccc(OC)cc2)cc1. The molecule has 5 aromatic carbocycles. The first-order valence-electron chi connectivity index (χ1n) is 21.5. The minimum atomic E-state index is -1.21. The van der Waals surface area contributed by atoms with E-state index < -0.39 is 41.9 Å². The highest BCUT2D eigenvalue weighted by Crippen LogP contribution is 2.43. The fourth-order valence-electron chi connectivity index (χ4n) is 7.83. The third-order valence-corrected chi connectivity index (χ3v) is 11.4. The predicted molar refractivity (Wildman–Crippen MR) is 242 cm³/mol. The number of amides is 4. The molecule has 4 amide bonds. The van der Waals surface area contributed by atoms with Crippen LogP contribution in [0.25, 0.3) is 0 Å². The van der Waals surface area contributed by atoms with Crippen molar-refractivity contribution < 1.29 is 52.8 Å². The van der Waals surface area contributed by atoms with E-state index in [0.29, 0.717) is 17.1 Å². The van der Waals surface area contributed by atoms with E-state index in [1.54, 1.807) is 56.7 Å². The maximum Gasteiger partial charge on any atom is 0.325 e. The van der Waals surface area contributed by atoms with Crippen molar-refractivity contribution in [1.29, 1.82) is 0 Å². The van der Waals surface area contributed by atoms with Gasteiger partial charge in [-0.2, -0.15) is 0 Å². The van der Waals surface area contributed by atoms with Crippen LogP contribution in [0.5, 0.6) is 17.2 Å². The number of nitrogens with zero attached hydrogens (tertiary/aromatic N) is 1. The standard InChI is InChI=1S/C51H52N4O11/c1-33(56)9-26-48(59)66-43-30-47(55-28-27-45(54-50(55)61)53-49(60)36-14-10-35(11-15-36)31-52-46(58)29-34-12-20-40(57)21-13-34)65-44(43)32-64-51(37-7-5-4-6-8-37,38-16-22-41(62-2)23-17-38)39-18-24-42(63-3)25-19-39/h4-8,10-25,27,43-44,47,57H,9,26,28-32H2,1-3H3,(H,52,58)(H,53,60)(H,54,61)/t43-,44-,47-/m1/s1. The van der Waals surface area contributed by atoms with Crippen LogP contribution in [-0.4, -0.2) is 85.4 Å². The summed E-state index contributed by atoms with van der Waals surface area (Å²) in [5, 5.41) is 17.8. The number of benzene rings is 5. The van der Waals surface area contributed by atoms with Crippen molar-refractivity contribution in [1.82, 2.24) is 20.9 Å². The van der Waals surface area contributed by atoms with Gasteiger partial charge < -0.3 is 44.2 Å². The van der Waals surface area contributed by atoms with Crippen molar-refractivity contribution >= 4 is 29.6 Å². The molecular weight excluding hydrogens is 845 g/mol. The predicted octanol–water partition coefficient (Wildman–Crippen LogP) is 6.27. The molecule has 0 unspecified atom stereocenters. The van der Waals surface area contributed by atoms with Gasteiger partial charge in [0, 0.05) is 31.5 Å². The number of urea groups is 1. The molecule has 1 saturated heterocycles. The lowest BCUT2D eigenvalue weighted by molar-refractivity contribution is -0.157. The quantitative estimate of drug-likeness (QED) is 0.0540. The number of ether oxygens (including phenoxy) is 5. The average Bonchev–Trinajstić information content (AvgIpc) is 3.73. The summed E-state index contributed by atoms with van der Waals surface area (Å²) in [5.74, 6) is 0.237. The molecule has 0 radical (unpaired) electrons. The lowest BCUT2D eigenvalue weighted by Gasteiger charge is -2.37. The summed E-state index contributed by atoms with van der Waals surface area (Å²) in [4.78, 5) is 65.7. The molecule has 7 rings (SSSR count). The topological polar surface area (TPSA) is 191 Å². The highest BCUT2D eigenvalue weighted by atomic mass is 16.6. The van der Waals surface area contributed by atoms with Crippen LogP contribution in [-0.2, 0) is 47.2 Å². The maximum atomic E-state index is 13.7. The Morgan fingerprint density at radius 3 is 1.98 bits per heavy atom. The largest absolute Gasteiger partial charge is 0.508 e. The molecule has 3 atom stereocenters. The molecular formula is C51H52N4O11. The fourth-order valence-corrected chi connectivity index (χ4v) is 7.83. The molecule has 1 fully saturated rings. The highest BCUT2D eigenvalue weighted by Gasteiger charge is 2.46. The molecule has 2 heterocycles. The fraction of sp³-hybridized carbons (Fsp3) is 0.275. The van der Waals surface area contributed by atoms with Crippen LogP contribution in [0.4, 0.5) is 4.79 Å². The summed E-state index contributed by atoms with van der Waals surface area (Å²) in [6.45, 7) is 1.62. The van der Waals surface area contributed by atoms with Crippen LogP contribution in [0.3, 0.4) is 0 Å². The molecule has 0 spiro atoms. The second-order valence-electron chi connectivity index (χ2n) is 15.9. The van der Waals surface area contributed by atoms with E-state index >= 15 is 0 Å². The van der Waals surface area contributed by atoms with Gasteiger partial charge >= 0.3 is 12.0 Å². The number of phenolic OH excluding ortho intramolecular Hbond substituents is 1. The number of ketones is 1. The Balaban J connectivity index is 1.05. The van der Waals surface area contributed by atoms with Gasteiger partial charge in [0.15, 0.2) is 0 Å². The second-order valence-corrected chi connectivity index (χ2v) is 15.9. The molecule has 2 aliphatic heterocycles. The Morgan fingerprint density at radius 2 is 1.39 bits per heavy atom. The van der Waals surface area contributed by atoms with Crippen LogP contribution in [0.1, 0.15) is 64.4 Å². The van der Waals surface area contributed by atoms with E-state index in [-0.39, 0.29) is 68.6 Å². The highest BCUT2D eigenvalue weighted by molar-refractivity contribution is 5.96. The summed E-state index contributed by atoms with van der Waals surface area (Å²) in [6, 6.07) is 37.4. The number of methoxy groups -OCH3 is 2. The molecule has 15 nitrogen and oxygen atoms in total. The number of carbonyl (C=O) groups excluding carboxylic acids is 5. The zero-order valence-electron chi connectivity index (χ0n) is 36.9. The van der Waals surface area contributed by atoms with Crippen molar-refractivity contribution in [2.75, 3.05) is 27.4 Å². The first-order chi connectivity index (χ1) is 31.9. The molecule has 0 aromatic heterocycles. The van der Waals surface area contributed by atoms with Gasteiger partial charge in [-0.25, -0.2) is 4.79 Å². The zero-order chi connectivity index (χ0) is 46.6. The second kappa shape index (κ2) is 21.5. The number of aromatic hydroxyl groups is 1. The van der Waals surface area contributed by atoms with Gasteiger partial charge in [-0.15, -0.1) is 0 Å². The minimum absolute atomic E-state index is 0.0161. The van der Waals surface area contributed by atoms with Crippen molar-refractivity contribution in [3.8, 4) is 17.2 Å². The Bertz CT molecular complexity index is 2470. The third-order valence-electron chi connectivity index (χ3n) is 11.4. The van der Waals surface area contributed by atoms with Crippen molar-refractivity contribution in [2.24, 2.45) is 0 Å². The Kier molecular flexibility index (Phi) is 15.1. The van der Waals surface area contributed by atoms with Crippen molar-refractivity contribution in [3.05, 3.63) is 173 Å². The zero-order valence-corrected chi connectivity index (χ0v) is 36.9. The molecule has 15 heteroatoms. The summed E-state index contributed by atoms with van der Waals surface area (Å²) >= 11 is 0. The normalized spacial score (nSPS) is 17.0. The Hall–Kier alpha value is -7.49. The number of hydrogen-bond acceptors (Lipinski definition) is 11. The van der Waals surface area contributed by atoms with Crippen molar-refractivity contribution in [2.45, 2.75) is 63.2 Å². The Labute approximate surface area is 382 Å². The number of rotatable bonds is 19. The monoisotopic (exact) mass is 896 g/mol. The van der Waals surface area contributed by atoms with Crippen molar-refractivity contribution in [3.63, 3.8) is 0 Å². The number of phenols is 1. The smallest absolute Gasteiger partial charge is 0.325 e. The first-order valence-corrected chi connectivity index (χ1v) is 21.5. The van der Waals surface area contributed by atoms with E-state index in [0.717, 1.165) is 27.8 Å². The lowest BCUT2D eigenvalue weighted by atomic mass is 9.80. The maximum absolute atomic E-state index is 13.7. The lowest BCUT2D eigenvalue weighted by Crippen LogP contribution is -2.51. The molecule has 342 valence electrons. The molecule has 4 N–H and O–H groups in total. The number of nitrogens with one attached hydrogen (secondary N) is 3. The molecule has 5 aromatic rings. The summed E-state index contributed by atoms with van der Waals surface area (Å²) in [5.41, 5.74) is 3.03. The molecule has 0 aliphatic carbocycles. The number of Topliss-reactive ketones (excluding diaryl/α,β-unsaturated/α-hetero) is 1. The van der Waals surface area contributed by atoms with E-state index in [2.05, 4.69) is 16.0 Å². The van der Waals surface area contributed by atoms with E-state index in [1.807, 2.05) is 78.9 Å². The van der Waals surface area contributed by atoms with Crippen LogP contribution in [0, 0.1) is 0 Å². The van der Waals surface area contributed by atoms with Gasteiger partial charge in [0.1, 0.15) is 52.9 Å². The molecule has 0 bridgehead atoms. The number of hydrogen-bond donors (Lipinski definition) is 4. The first kappa shape index (κ1) is 46.5. The van der Waals surface area contributed by atoms with Crippen LogP contribution in [0.15, 0.2) is 139 Å². The van der Waals surface area contributed by atoms with Gasteiger partial charge in [-0.1, -0.05) is 78.9 Å². The third kappa shape index (κ3) is 11.4. The van der Waals surface area contributed by atoms with Gasteiger partial charge in [-0.3, -0.25) is 24.6 Å². The minimum Gasteiger partial charge on any atom is -0.508 e. The van der Waals surface area contributed by atoms with E-state index in [4.69, 9.17) is 23.7 Å². The summed E-state index contributed by atoms with van der Waals surface area (Å²) < 4.78 is 30.6. The van der Waals surface area contributed by atoms with Gasteiger partial charge in [0.25, 0.3) is 5.91 Å². The van der Waals surface area contributed by atoms with Gasteiger partial charge in [0.2, 0.25) is 5.91 Å². The van der Waals surface area contributed by atoms with Gasteiger partial charge in [0.05, 0.1) is 33.7 Å². The number of carbonyl (C=O) groups is 5. The molecule has 2 aliphatic rings. The van der Waals surface area contributed by atoms with Crippen LogP contribution >= 0.6 is 0 Å². The molecule has 66 heavy (non-hydrogen) atoms. The average molecular weight is 897 g/mol. The van der Waals surface area contributed by atoms with Crippen LogP contribution < -0.4 is 25.4 Å².